The summed E-state index contributed by atoms with van der Waals surface area (Å²) in [4.78, 5) is 8.06. The van der Waals surface area contributed by atoms with E-state index < -0.39 is 11.9 Å². The van der Waals surface area contributed by atoms with Gasteiger partial charge in [-0.3, -0.25) is 0 Å². The third-order valence-corrected chi connectivity index (χ3v) is 4.39. The Morgan fingerprint density at radius 2 is 2.00 bits per heavy atom. The monoisotopic (exact) mass is 416 g/mol. The Balaban J connectivity index is 2.04. The third-order valence-electron chi connectivity index (χ3n) is 3.54. The summed E-state index contributed by atoms with van der Waals surface area (Å²) in [6.07, 6.45) is -4.43. The summed E-state index contributed by atoms with van der Waals surface area (Å²) in [5, 5.41) is 7.40. The summed E-state index contributed by atoms with van der Waals surface area (Å²) in [6, 6.07) is 5.54. The molecule has 0 saturated heterocycles. The van der Waals surface area contributed by atoms with Gasteiger partial charge >= 0.3 is 6.18 Å². The molecular weight excluding hydrogens is 393 g/mol. The fourth-order valence-electron chi connectivity index (χ4n) is 2.28. The van der Waals surface area contributed by atoms with Crippen molar-refractivity contribution in [1.82, 2.24) is 15.6 Å². The van der Waals surface area contributed by atoms with Crippen LogP contribution in [0, 0.1) is 0 Å². The Morgan fingerprint density at radius 1 is 1.21 bits per heavy atom. The number of nitrogens with one attached hydrogen (secondary N) is 2. The quantitative estimate of drug-likeness (QED) is 0.506. The number of rotatable bonds is 8. The highest BCUT2D eigenvalue weighted by Gasteiger charge is 2.33. The molecule has 0 aliphatic carbocycles. The van der Waals surface area contributed by atoms with Crippen LogP contribution in [0.1, 0.15) is 30.1 Å². The lowest BCUT2D eigenvalue weighted by atomic mass is 10.2. The first-order valence-corrected chi connectivity index (χ1v) is 9.58. The minimum Gasteiger partial charge on any atom is -0.493 e. The van der Waals surface area contributed by atoms with Crippen LogP contribution >= 0.6 is 11.3 Å². The number of aliphatic imine (C=N–C) groups is 1. The number of hydrogen-bond acceptors (Lipinski definition) is 5. The van der Waals surface area contributed by atoms with Gasteiger partial charge < -0.3 is 20.1 Å². The van der Waals surface area contributed by atoms with E-state index in [0.29, 0.717) is 42.2 Å². The molecule has 1 aromatic heterocycles. The molecule has 28 heavy (non-hydrogen) atoms. The van der Waals surface area contributed by atoms with Crippen molar-refractivity contribution in [3.05, 3.63) is 39.8 Å². The molecule has 1 heterocycles. The first-order valence-electron chi connectivity index (χ1n) is 8.70. The summed E-state index contributed by atoms with van der Waals surface area (Å²) >= 11 is 0.956. The average molecular weight is 416 g/mol. The summed E-state index contributed by atoms with van der Waals surface area (Å²) in [5.41, 5.74) is 0.0352. The van der Waals surface area contributed by atoms with Crippen LogP contribution in [0.4, 0.5) is 13.2 Å². The number of methoxy groups -OCH3 is 1. The van der Waals surface area contributed by atoms with E-state index in [9.17, 15) is 13.2 Å². The van der Waals surface area contributed by atoms with Crippen molar-refractivity contribution in [3.8, 4) is 11.5 Å². The van der Waals surface area contributed by atoms with Crippen LogP contribution in [0.3, 0.4) is 0 Å². The largest absolute Gasteiger partial charge is 0.493 e. The van der Waals surface area contributed by atoms with Crippen LogP contribution in [-0.2, 0) is 19.3 Å². The van der Waals surface area contributed by atoms with Gasteiger partial charge in [0.15, 0.2) is 23.2 Å². The maximum atomic E-state index is 12.6. The molecule has 0 amide bonds. The maximum absolute atomic E-state index is 12.6. The van der Waals surface area contributed by atoms with Gasteiger partial charge in [-0.1, -0.05) is 6.07 Å². The Labute approximate surface area is 165 Å². The van der Waals surface area contributed by atoms with Crippen molar-refractivity contribution in [2.75, 3.05) is 20.3 Å². The van der Waals surface area contributed by atoms with E-state index in [1.165, 1.54) is 0 Å². The summed E-state index contributed by atoms with van der Waals surface area (Å²) in [5.74, 6) is 1.77. The molecule has 0 fully saturated rings. The number of halogens is 3. The van der Waals surface area contributed by atoms with Crippen LogP contribution in [0.2, 0.25) is 0 Å². The number of alkyl halides is 3. The van der Waals surface area contributed by atoms with E-state index >= 15 is 0 Å². The number of hydrogen-bond donors (Lipinski definition) is 2. The van der Waals surface area contributed by atoms with Gasteiger partial charge in [0.25, 0.3) is 0 Å². The topological polar surface area (TPSA) is 67.8 Å². The molecule has 0 spiro atoms. The molecule has 154 valence electrons. The lowest BCUT2D eigenvalue weighted by molar-refractivity contribution is -0.140. The van der Waals surface area contributed by atoms with Gasteiger partial charge in [0.2, 0.25) is 0 Å². The van der Waals surface area contributed by atoms with E-state index in [2.05, 4.69) is 20.6 Å². The molecule has 2 N–H and O–H groups in total. The molecule has 1 aromatic carbocycles. The Kier molecular flexibility index (Phi) is 7.91. The zero-order chi connectivity index (χ0) is 20.6. The highest BCUT2D eigenvalue weighted by Crippen LogP contribution is 2.30. The summed E-state index contributed by atoms with van der Waals surface area (Å²) in [7, 11) is 1.58. The van der Waals surface area contributed by atoms with Crippen LogP contribution in [0.25, 0.3) is 0 Å². The van der Waals surface area contributed by atoms with E-state index in [4.69, 9.17) is 9.47 Å². The van der Waals surface area contributed by atoms with E-state index in [1.54, 1.807) is 7.11 Å². The maximum Gasteiger partial charge on any atom is 0.434 e. The van der Waals surface area contributed by atoms with Gasteiger partial charge in [0.1, 0.15) is 5.01 Å². The van der Waals surface area contributed by atoms with Gasteiger partial charge in [-0.2, -0.15) is 13.2 Å². The number of benzene rings is 1. The first kappa shape index (κ1) is 21.8. The Bertz CT molecular complexity index is 793. The highest BCUT2D eigenvalue weighted by atomic mass is 32.1. The molecule has 2 aromatic rings. The van der Waals surface area contributed by atoms with Crippen LogP contribution < -0.4 is 20.1 Å². The molecule has 10 heteroatoms. The fourth-order valence-corrected chi connectivity index (χ4v) is 3.02. The second-order valence-electron chi connectivity index (χ2n) is 5.59. The van der Waals surface area contributed by atoms with Crippen LogP contribution in [-0.4, -0.2) is 31.2 Å². The van der Waals surface area contributed by atoms with Gasteiger partial charge in [-0.15, -0.1) is 11.3 Å². The zero-order valence-electron chi connectivity index (χ0n) is 15.9. The molecule has 0 aliphatic rings. The number of nitrogens with zero attached hydrogens (tertiary/aromatic N) is 2. The molecule has 0 atom stereocenters. The van der Waals surface area contributed by atoms with Crippen molar-refractivity contribution in [2.24, 2.45) is 4.99 Å². The Hall–Kier alpha value is -2.49. The predicted octanol–water partition coefficient (Wildman–Crippen LogP) is 3.82. The number of aromatic nitrogens is 1. The molecule has 2 rings (SSSR count). The lowest BCUT2D eigenvalue weighted by Crippen LogP contribution is -2.36. The van der Waals surface area contributed by atoms with E-state index in [1.807, 2.05) is 32.0 Å². The molecular formula is C18H23F3N4O2S. The summed E-state index contributed by atoms with van der Waals surface area (Å²) in [6.45, 7) is 5.44. The molecule has 0 aliphatic heterocycles. The SMILES string of the molecule is CCNC(=NCc1ccc(OC)c(OCC)c1)NCc1nc(C(F)(F)F)cs1. The summed E-state index contributed by atoms with van der Waals surface area (Å²) < 4.78 is 48.7. The zero-order valence-corrected chi connectivity index (χ0v) is 16.7. The van der Waals surface area contributed by atoms with Crippen molar-refractivity contribution in [1.29, 1.82) is 0 Å². The van der Waals surface area contributed by atoms with Gasteiger partial charge in [0.05, 0.1) is 26.8 Å². The van der Waals surface area contributed by atoms with Crippen LogP contribution in [0.5, 0.6) is 11.5 Å². The van der Waals surface area contributed by atoms with Crippen molar-refractivity contribution < 1.29 is 22.6 Å². The number of guanidine groups is 1. The smallest absolute Gasteiger partial charge is 0.434 e. The van der Waals surface area contributed by atoms with Crippen LogP contribution in [0.15, 0.2) is 28.6 Å². The highest BCUT2D eigenvalue weighted by molar-refractivity contribution is 7.09. The standard InChI is InChI=1S/C18H23F3N4O2S/c1-4-22-17(24-10-16-25-15(11-28-16)18(19,20)21)23-9-12-6-7-13(26-3)14(8-12)27-5-2/h6-8,11H,4-5,9-10H2,1-3H3,(H2,22,23,24). The fraction of sp³-hybridized carbons (Fsp3) is 0.444. The molecule has 0 bridgehead atoms. The normalized spacial score (nSPS) is 12.0. The van der Waals surface area contributed by atoms with E-state index in [0.717, 1.165) is 22.3 Å². The molecule has 0 saturated carbocycles. The minimum absolute atomic E-state index is 0.152. The minimum atomic E-state index is -4.43. The Morgan fingerprint density at radius 3 is 2.61 bits per heavy atom. The number of thiazole rings is 1. The predicted molar refractivity (Wildman–Crippen MR) is 103 cm³/mol. The van der Waals surface area contributed by atoms with Crippen molar-refractivity contribution in [3.63, 3.8) is 0 Å². The van der Waals surface area contributed by atoms with Crippen molar-refractivity contribution >= 4 is 17.3 Å². The molecule has 0 radical (unpaired) electrons. The second kappa shape index (κ2) is 10.2. The lowest BCUT2D eigenvalue weighted by Gasteiger charge is -2.12. The van der Waals surface area contributed by atoms with Crippen molar-refractivity contribution in [2.45, 2.75) is 33.1 Å². The van der Waals surface area contributed by atoms with E-state index in [-0.39, 0.29) is 6.54 Å². The second-order valence-corrected chi connectivity index (χ2v) is 6.53. The first-order chi connectivity index (χ1) is 13.4. The third kappa shape index (κ3) is 6.29. The molecule has 6 nitrogen and oxygen atoms in total. The number of ether oxygens (including phenoxy) is 2. The molecule has 0 unspecified atom stereocenters. The average Bonchev–Trinajstić information content (AvgIpc) is 3.14. The van der Waals surface area contributed by atoms with Gasteiger partial charge in [-0.25, -0.2) is 9.98 Å². The van der Waals surface area contributed by atoms with Gasteiger partial charge in [0, 0.05) is 11.9 Å². The van der Waals surface area contributed by atoms with Gasteiger partial charge in [-0.05, 0) is 31.5 Å².